The monoisotopic (exact) mass is 248 g/mol. The highest BCUT2D eigenvalue weighted by Gasteiger charge is 2.07. The average Bonchev–Trinajstić information content (AvgIpc) is 2.25. The van der Waals surface area contributed by atoms with E-state index in [1.54, 1.807) is 6.92 Å². The Hall–Kier alpha value is -1.81. The fourth-order valence-electron chi connectivity index (χ4n) is 1.50. The topological polar surface area (TPSA) is 63.8 Å². The molecule has 0 bridgehead atoms. The second kappa shape index (κ2) is 4.59. The van der Waals surface area contributed by atoms with E-state index in [1.165, 1.54) is 0 Å². The minimum atomic E-state index is 0.187. The highest BCUT2D eigenvalue weighted by atomic mass is 35.5. The lowest BCUT2D eigenvalue weighted by molar-refractivity contribution is 1.11. The number of rotatable bonds is 2. The largest absolute Gasteiger partial charge is 0.394 e. The van der Waals surface area contributed by atoms with Crippen LogP contribution in [0.4, 0.5) is 17.2 Å². The Labute approximate surface area is 105 Å². The molecule has 0 aliphatic carbocycles. The van der Waals surface area contributed by atoms with Crippen LogP contribution in [0, 0.1) is 13.8 Å². The van der Waals surface area contributed by atoms with Crippen LogP contribution in [-0.4, -0.2) is 9.97 Å². The summed E-state index contributed by atoms with van der Waals surface area (Å²) < 4.78 is 0. The number of nitrogens with zero attached hydrogens (tertiary/aromatic N) is 2. The molecule has 4 nitrogen and oxygen atoms in total. The van der Waals surface area contributed by atoms with Gasteiger partial charge in [-0.05, 0) is 43.1 Å². The molecule has 17 heavy (non-hydrogen) atoms. The Bertz CT molecular complexity index is 554. The SMILES string of the molecule is Cc1cccc(Nc2nc(Cl)nc(C)c2N)c1. The van der Waals surface area contributed by atoms with Crippen molar-refractivity contribution >= 4 is 28.8 Å². The van der Waals surface area contributed by atoms with Gasteiger partial charge in [0.1, 0.15) is 0 Å². The second-order valence-electron chi connectivity index (χ2n) is 3.83. The van der Waals surface area contributed by atoms with Gasteiger partial charge >= 0.3 is 0 Å². The highest BCUT2D eigenvalue weighted by molar-refractivity contribution is 6.28. The number of anilines is 3. The lowest BCUT2D eigenvalue weighted by atomic mass is 10.2. The predicted octanol–water partition coefficient (Wildman–Crippen LogP) is 3.07. The van der Waals surface area contributed by atoms with Gasteiger partial charge in [0.05, 0.1) is 11.4 Å². The van der Waals surface area contributed by atoms with Crippen LogP contribution in [0.5, 0.6) is 0 Å². The van der Waals surface area contributed by atoms with E-state index in [4.69, 9.17) is 17.3 Å². The Kier molecular flexibility index (Phi) is 3.15. The van der Waals surface area contributed by atoms with Gasteiger partial charge in [0.25, 0.3) is 0 Å². The van der Waals surface area contributed by atoms with Gasteiger partial charge in [0.15, 0.2) is 5.82 Å². The van der Waals surface area contributed by atoms with Gasteiger partial charge < -0.3 is 11.1 Å². The molecule has 0 saturated carbocycles. The lowest BCUT2D eigenvalue weighted by Gasteiger charge is -2.10. The summed E-state index contributed by atoms with van der Waals surface area (Å²) in [5, 5.41) is 3.32. The highest BCUT2D eigenvalue weighted by Crippen LogP contribution is 2.24. The van der Waals surface area contributed by atoms with Crippen LogP contribution in [0.1, 0.15) is 11.3 Å². The molecule has 5 heteroatoms. The smallest absolute Gasteiger partial charge is 0.224 e. The van der Waals surface area contributed by atoms with Crippen molar-refractivity contribution in [2.75, 3.05) is 11.1 Å². The summed E-state index contributed by atoms with van der Waals surface area (Å²) in [5.74, 6) is 0.535. The quantitative estimate of drug-likeness (QED) is 0.802. The third kappa shape index (κ3) is 2.65. The number of halogens is 1. The van der Waals surface area contributed by atoms with Crippen LogP contribution >= 0.6 is 11.6 Å². The molecule has 0 unspecified atom stereocenters. The van der Waals surface area contributed by atoms with Gasteiger partial charge in [0, 0.05) is 5.69 Å². The van der Waals surface area contributed by atoms with Gasteiger partial charge in [-0.3, -0.25) is 0 Å². The maximum atomic E-state index is 5.89. The van der Waals surface area contributed by atoms with Gasteiger partial charge in [-0.25, -0.2) is 4.98 Å². The molecule has 0 aliphatic rings. The van der Waals surface area contributed by atoms with Crippen molar-refractivity contribution in [1.29, 1.82) is 0 Å². The number of nitrogen functional groups attached to an aromatic ring is 1. The molecule has 0 radical (unpaired) electrons. The van der Waals surface area contributed by atoms with Crippen molar-refractivity contribution in [3.8, 4) is 0 Å². The summed E-state index contributed by atoms with van der Waals surface area (Å²) in [6.07, 6.45) is 0. The van der Waals surface area contributed by atoms with E-state index in [9.17, 15) is 0 Å². The first-order valence-corrected chi connectivity index (χ1v) is 5.57. The zero-order chi connectivity index (χ0) is 12.4. The van der Waals surface area contributed by atoms with Gasteiger partial charge in [-0.2, -0.15) is 4.98 Å². The maximum Gasteiger partial charge on any atom is 0.224 e. The Morgan fingerprint density at radius 3 is 2.71 bits per heavy atom. The molecular weight excluding hydrogens is 236 g/mol. The van der Waals surface area contributed by atoms with E-state index in [-0.39, 0.29) is 5.28 Å². The molecule has 1 aromatic heterocycles. The zero-order valence-electron chi connectivity index (χ0n) is 9.66. The first-order valence-electron chi connectivity index (χ1n) is 5.19. The number of aryl methyl sites for hydroxylation is 2. The fourth-order valence-corrected chi connectivity index (χ4v) is 1.71. The minimum absolute atomic E-state index is 0.187. The third-order valence-corrected chi connectivity index (χ3v) is 2.56. The maximum absolute atomic E-state index is 5.89. The molecule has 0 aliphatic heterocycles. The van der Waals surface area contributed by atoms with Crippen molar-refractivity contribution in [3.05, 3.63) is 40.8 Å². The molecule has 2 rings (SSSR count). The molecule has 1 heterocycles. The van der Waals surface area contributed by atoms with Crippen molar-refractivity contribution in [2.24, 2.45) is 0 Å². The van der Waals surface area contributed by atoms with Crippen LogP contribution in [0.25, 0.3) is 0 Å². The van der Waals surface area contributed by atoms with Gasteiger partial charge in [-0.15, -0.1) is 0 Å². The molecule has 0 spiro atoms. The molecule has 2 aromatic rings. The Morgan fingerprint density at radius 2 is 2.00 bits per heavy atom. The number of hydrogen-bond donors (Lipinski definition) is 2. The minimum Gasteiger partial charge on any atom is -0.394 e. The van der Waals surface area contributed by atoms with Crippen LogP contribution in [0.3, 0.4) is 0 Å². The molecule has 1 aromatic carbocycles. The van der Waals surface area contributed by atoms with Crippen molar-refractivity contribution in [1.82, 2.24) is 9.97 Å². The predicted molar refractivity (Wildman–Crippen MR) is 70.7 cm³/mol. The Morgan fingerprint density at radius 1 is 1.24 bits per heavy atom. The summed E-state index contributed by atoms with van der Waals surface area (Å²) in [4.78, 5) is 8.06. The molecule has 3 N–H and O–H groups in total. The zero-order valence-corrected chi connectivity index (χ0v) is 10.4. The number of benzene rings is 1. The van der Waals surface area contributed by atoms with E-state index < -0.39 is 0 Å². The van der Waals surface area contributed by atoms with Crippen LogP contribution in [0.2, 0.25) is 5.28 Å². The van der Waals surface area contributed by atoms with Crippen LogP contribution in [-0.2, 0) is 0 Å². The van der Waals surface area contributed by atoms with Crippen molar-refractivity contribution in [2.45, 2.75) is 13.8 Å². The third-order valence-electron chi connectivity index (χ3n) is 2.39. The average molecular weight is 249 g/mol. The number of nitrogens with two attached hydrogens (primary N) is 1. The van der Waals surface area contributed by atoms with Crippen LogP contribution in [0.15, 0.2) is 24.3 Å². The summed E-state index contributed by atoms with van der Waals surface area (Å²) >= 11 is 5.80. The molecular formula is C12H13ClN4. The van der Waals surface area contributed by atoms with Gasteiger partial charge in [0.2, 0.25) is 5.28 Å². The van der Waals surface area contributed by atoms with Gasteiger partial charge in [-0.1, -0.05) is 12.1 Å². The van der Waals surface area contributed by atoms with E-state index in [2.05, 4.69) is 15.3 Å². The van der Waals surface area contributed by atoms with E-state index in [1.807, 2.05) is 31.2 Å². The molecule has 0 saturated heterocycles. The number of aromatic nitrogens is 2. The standard InChI is InChI=1S/C12H13ClN4/c1-7-4-3-5-9(6-7)16-11-10(14)8(2)15-12(13)17-11/h3-6H,14H2,1-2H3,(H,15,16,17). The first-order chi connectivity index (χ1) is 8.06. The van der Waals surface area contributed by atoms with E-state index in [0.717, 1.165) is 11.3 Å². The van der Waals surface area contributed by atoms with E-state index >= 15 is 0 Å². The van der Waals surface area contributed by atoms with Crippen molar-refractivity contribution in [3.63, 3.8) is 0 Å². The number of nitrogens with one attached hydrogen (secondary N) is 1. The summed E-state index contributed by atoms with van der Waals surface area (Å²) in [6.45, 7) is 3.82. The first kappa shape index (κ1) is 11.7. The molecule has 0 fully saturated rings. The Balaban J connectivity index is 2.36. The molecule has 0 amide bonds. The van der Waals surface area contributed by atoms with E-state index in [0.29, 0.717) is 17.2 Å². The summed E-state index contributed by atoms with van der Waals surface area (Å²) in [6, 6.07) is 7.93. The fraction of sp³-hybridized carbons (Fsp3) is 0.167. The van der Waals surface area contributed by atoms with Crippen molar-refractivity contribution < 1.29 is 0 Å². The molecule has 88 valence electrons. The lowest BCUT2D eigenvalue weighted by Crippen LogP contribution is -2.03. The summed E-state index contributed by atoms with van der Waals surface area (Å²) in [7, 11) is 0. The second-order valence-corrected chi connectivity index (χ2v) is 4.17. The van der Waals surface area contributed by atoms with Crippen LogP contribution < -0.4 is 11.1 Å². The normalized spacial score (nSPS) is 10.3. The number of hydrogen-bond acceptors (Lipinski definition) is 4. The summed E-state index contributed by atoms with van der Waals surface area (Å²) in [5.41, 5.74) is 9.15. The molecule has 0 atom stereocenters.